The third kappa shape index (κ3) is 6.64. The molecule has 0 unspecified atom stereocenters. The highest BCUT2D eigenvalue weighted by molar-refractivity contribution is 5.98. The van der Waals surface area contributed by atoms with Gasteiger partial charge in [-0.25, -0.2) is 4.79 Å². The summed E-state index contributed by atoms with van der Waals surface area (Å²) >= 11 is 0. The molecule has 7 nitrogen and oxygen atoms in total. The highest BCUT2D eigenvalue weighted by Crippen LogP contribution is 2.39. The second-order valence-electron chi connectivity index (χ2n) is 11.4. The first-order chi connectivity index (χ1) is 21.0. The molecule has 3 amide bonds. The van der Waals surface area contributed by atoms with Gasteiger partial charge in [-0.3, -0.25) is 14.5 Å². The number of ether oxygens (including phenoxy) is 1. The number of amides is 3. The Kier molecular flexibility index (Phi) is 9.08. The number of likely N-dealkylation sites (tertiary alicyclic amines) is 1. The van der Waals surface area contributed by atoms with Crippen molar-refractivity contribution in [1.82, 2.24) is 15.1 Å². The van der Waals surface area contributed by atoms with Crippen molar-refractivity contribution >= 4 is 24.0 Å². The number of halogens is 3. The van der Waals surface area contributed by atoms with Crippen molar-refractivity contribution in [3.8, 4) is 0 Å². The van der Waals surface area contributed by atoms with E-state index in [1.807, 2.05) is 86.7 Å². The molecule has 4 atom stereocenters. The number of hydrogen-bond donors (Lipinski definition) is 1. The monoisotopic (exact) mass is 605 g/mol. The molecule has 230 valence electrons. The van der Waals surface area contributed by atoms with Gasteiger partial charge in [-0.1, -0.05) is 98.8 Å². The summed E-state index contributed by atoms with van der Waals surface area (Å²) in [6.07, 6.45) is -1.13. The van der Waals surface area contributed by atoms with Crippen LogP contribution in [0.2, 0.25) is 0 Å². The average Bonchev–Trinajstić information content (AvgIpc) is 3.38. The molecule has 0 aromatic heterocycles. The van der Waals surface area contributed by atoms with Crippen LogP contribution in [-0.4, -0.2) is 52.4 Å². The number of nitrogens with zero attached hydrogens (tertiary/aromatic N) is 2. The Morgan fingerprint density at radius 3 is 2.34 bits per heavy atom. The third-order valence-corrected chi connectivity index (χ3v) is 7.89. The molecule has 1 N–H and O–H groups in total. The highest BCUT2D eigenvalue weighted by atomic mass is 19.4. The lowest BCUT2D eigenvalue weighted by Gasteiger charge is -2.52. The van der Waals surface area contributed by atoms with Crippen LogP contribution in [0.15, 0.2) is 91.0 Å². The maximum atomic E-state index is 14.0. The van der Waals surface area contributed by atoms with E-state index in [2.05, 4.69) is 5.32 Å². The highest BCUT2D eigenvalue weighted by Gasteiger charge is 2.58. The summed E-state index contributed by atoms with van der Waals surface area (Å²) < 4.78 is 45.1. The molecule has 10 heteroatoms. The van der Waals surface area contributed by atoms with Crippen LogP contribution in [-0.2, 0) is 27.0 Å². The molecular weight excluding hydrogens is 571 g/mol. The topological polar surface area (TPSA) is 79.0 Å². The molecule has 2 fully saturated rings. The molecule has 0 radical (unpaired) electrons. The number of carbonyl (C=O) groups excluding carboxylic acids is 3. The first-order valence-corrected chi connectivity index (χ1v) is 14.5. The molecule has 2 heterocycles. The minimum atomic E-state index is -4.51. The van der Waals surface area contributed by atoms with Gasteiger partial charge < -0.3 is 15.0 Å². The summed E-state index contributed by atoms with van der Waals surface area (Å²) in [5.74, 6) is -0.865. The quantitative estimate of drug-likeness (QED) is 0.278. The van der Waals surface area contributed by atoms with Gasteiger partial charge in [0.1, 0.15) is 18.7 Å². The molecular formula is C34H34F3N3O4. The number of benzene rings is 3. The minimum Gasteiger partial charge on any atom is -0.447 e. The molecule has 0 spiro atoms. The van der Waals surface area contributed by atoms with Crippen molar-refractivity contribution in [3.63, 3.8) is 0 Å². The van der Waals surface area contributed by atoms with E-state index in [9.17, 15) is 27.6 Å². The van der Waals surface area contributed by atoms with E-state index in [1.54, 1.807) is 0 Å². The lowest BCUT2D eigenvalue weighted by Crippen LogP contribution is -2.74. The Labute approximate surface area is 254 Å². The maximum Gasteiger partial charge on any atom is 0.416 e. The van der Waals surface area contributed by atoms with Crippen LogP contribution >= 0.6 is 0 Å². The van der Waals surface area contributed by atoms with Gasteiger partial charge in [-0.15, -0.1) is 0 Å². The van der Waals surface area contributed by atoms with Gasteiger partial charge in [-0.05, 0) is 41.2 Å². The van der Waals surface area contributed by atoms with Gasteiger partial charge in [0, 0.05) is 6.54 Å². The van der Waals surface area contributed by atoms with E-state index >= 15 is 0 Å². The van der Waals surface area contributed by atoms with E-state index in [-0.39, 0.29) is 24.6 Å². The Morgan fingerprint density at radius 1 is 1.00 bits per heavy atom. The Morgan fingerprint density at radius 2 is 1.68 bits per heavy atom. The van der Waals surface area contributed by atoms with Crippen molar-refractivity contribution in [3.05, 3.63) is 113 Å². The number of carbonyl (C=O) groups is 3. The number of rotatable bonds is 10. The molecule has 44 heavy (non-hydrogen) atoms. The minimum absolute atomic E-state index is 0.0127. The standard InChI is InChI=1S/C34H34F3N3O4/c1-22(2)18-28(31(41)38-20-24-12-9-15-26(19-24)34(35,36)37)39-27(17-16-23-10-5-3-6-11-23)30(32(39)42)40-29(21-44-33(40)43)25-13-7-4-8-14-25/h3-17,19,22,27-30H,18,20-21H2,1-2H3,(H,38,41)/b17-16+/t27-,28+,29-,30+/m1/s1. The van der Waals surface area contributed by atoms with Crippen molar-refractivity contribution < 1.29 is 32.3 Å². The summed E-state index contributed by atoms with van der Waals surface area (Å²) in [4.78, 5) is 43.6. The number of hydrogen-bond acceptors (Lipinski definition) is 4. The van der Waals surface area contributed by atoms with Gasteiger partial charge in [0.05, 0.1) is 17.6 Å². The fourth-order valence-corrected chi connectivity index (χ4v) is 5.76. The van der Waals surface area contributed by atoms with E-state index in [0.29, 0.717) is 6.42 Å². The molecule has 2 aliphatic heterocycles. The van der Waals surface area contributed by atoms with Crippen LogP contribution in [0.25, 0.3) is 6.08 Å². The van der Waals surface area contributed by atoms with Gasteiger partial charge in [0.15, 0.2) is 0 Å². The number of cyclic esters (lactones) is 1. The average molecular weight is 606 g/mol. The first kappa shape index (κ1) is 30.8. The van der Waals surface area contributed by atoms with Crippen molar-refractivity contribution in [2.75, 3.05) is 6.61 Å². The molecule has 0 saturated carbocycles. The number of β-lactam (4-membered cyclic amide) rings is 1. The zero-order chi connectivity index (χ0) is 31.4. The Balaban J connectivity index is 1.44. The van der Waals surface area contributed by atoms with E-state index < -0.39 is 53.8 Å². The fourth-order valence-electron chi connectivity index (χ4n) is 5.76. The van der Waals surface area contributed by atoms with Crippen molar-refractivity contribution in [2.45, 2.75) is 57.2 Å². The normalized spacial score (nSPS) is 21.0. The largest absolute Gasteiger partial charge is 0.447 e. The molecule has 2 aliphatic rings. The summed E-state index contributed by atoms with van der Waals surface area (Å²) in [6, 6.07) is 20.6. The zero-order valence-electron chi connectivity index (χ0n) is 24.4. The van der Waals surface area contributed by atoms with Gasteiger partial charge in [0.2, 0.25) is 11.8 Å². The van der Waals surface area contributed by atoms with Crippen LogP contribution in [0.1, 0.15) is 48.6 Å². The van der Waals surface area contributed by atoms with Crippen LogP contribution in [0, 0.1) is 5.92 Å². The second kappa shape index (κ2) is 13.0. The van der Waals surface area contributed by atoms with Crippen molar-refractivity contribution in [1.29, 1.82) is 0 Å². The summed E-state index contributed by atoms with van der Waals surface area (Å²) in [7, 11) is 0. The lowest BCUT2D eigenvalue weighted by molar-refractivity contribution is -0.163. The summed E-state index contributed by atoms with van der Waals surface area (Å²) in [6.45, 7) is 3.80. The predicted octanol–water partition coefficient (Wildman–Crippen LogP) is 6.22. The van der Waals surface area contributed by atoms with Gasteiger partial charge >= 0.3 is 12.3 Å². The SMILES string of the molecule is CC(C)C[C@@H](C(=O)NCc1cccc(C(F)(F)F)c1)N1C(=O)[C@@H](N2C(=O)OC[C@@H]2c2ccccc2)[C@H]1/C=C/c1ccccc1. The Hall–Kier alpha value is -4.60. The van der Waals surface area contributed by atoms with Gasteiger partial charge in [0.25, 0.3) is 0 Å². The van der Waals surface area contributed by atoms with E-state index in [4.69, 9.17) is 4.74 Å². The Bertz CT molecular complexity index is 1510. The lowest BCUT2D eigenvalue weighted by atomic mass is 9.86. The molecule has 2 saturated heterocycles. The fraction of sp³-hybridized carbons (Fsp3) is 0.324. The molecule has 0 aliphatic carbocycles. The van der Waals surface area contributed by atoms with E-state index in [0.717, 1.165) is 23.3 Å². The smallest absolute Gasteiger partial charge is 0.416 e. The zero-order valence-corrected chi connectivity index (χ0v) is 24.4. The first-order valence-electron chi connectivity index (χ1n) is 14.5. The maximum absolute atomic E-state index is 14.0. The van der Waals surface area contributed by atoms with E-state index in [1.165, 1.54) is 21.9 Å². The third-order valence-electron chi connectivity index (χ3n) is 7.89. The predicted molar refractivity (Wildman–Crippen MR) is 159 cm³/mol. The summed E-state index contributed by atoms with van der Waals surface area (Å²) in [5, 5.41) is 2.75. The molecule has 5 rings (SSSR count). The van der Waals surface area contributed by atoms with Gasteiger partial charge in [-0.2, -0.15) is 13.2 Å². The number of nitrogens with one attached hydrogen (secondary N) is 1. The van der Waals surface area contributed by atoms with Crippen LogP contribution in [0.5, 0.6) is 0 Å². The molecule has 0 bridgehead atoms. The molecule has 3 aromatic carbocycles. The second-order valence-corrected chi connectivity index (χ2v) is 11.4. The van der Waals surface area contributed by atoms with Crippen LogP contribution in [0.4, 0.5) is 18.0 Å². The molecule has 3 aromatic rings. The number of alkyl halides is 3. The summed E-state index contributed by atoms with van der Waals surface area (Å²) in [5.41, 5.74) is 1.19. The van der Waals surface area contributed by atoms with Crippen LogP contribution in [0.3, 0.4) is 0 Å². The van der Waals surface area contributed by atoms with Crippen molar-refractivity contribution in [2.24, 2.45) is 5.92 Å². The van der Waals surface area contributed by atoms with Crippen LogP contribution < -0.4 is 5.32 Å².